The largest absolute Gasteiger partial charge is 0.872 e. The van der Waals surface area contributed by atoms with Gasteiger partial charge in [0.15, 0.2) is 0 Å². The molecule has 3 aromatic carbocycles. The molecule has 10 rings (SSSR count). The van der Waals surface area contributed by atoms with Gasteiger partial charge in [-0.1, -0.05) is 42.1 Å². The molecule has 368 valence electrons. The van der Waals surface area contributed by atoms with E-state index in [1.807, 2.05) is 35.2 Å². The number of allylic oxidation sites excluding steroid dienone is 1. The average Bonchev–Trinajstić information content (AvgIpc) is 3.81. The van der Waals surface area contributed by atoms with Crippen LogP contribution in [0.4, 0.5) is 5.69 Å². The molecular formula is C51H59N10O9-. The number of hydrogen-bond acceptors (Lipinski definition) is 15. The second kappa shape index (κ2) is 20.0. The molecule has 19 heteroatoms. The summed E-state index contributed by atoms with van der Waals surface area (Å²) in [5, 5.41) is 14.8. The first kappa shape index (κ1) is 46.4. The number of rotatable bonds is 14. The topological polar surface area (TPSA) is 225 Å². The van der Waals surface area contributed by atoms with Gasteiger partial charge in [0.2, 0.25) is 23.6 Å². The summed E-state index contributed by atoms with van der Waals surface area (Å²) in [6, 6.07) is 18.9. The van der Waals surface area contributed by atoms with E-state index in [1.165, 1.54) is 4.90 Å². The van der Waals surface area contributed by atoms with E-state index in [0.717, 1.165) is 62.7 Å². The van der Waals surface area contributed by atoms with Crippen LogP contribution in [0.2, 0.25) is 0 Å². The summed E-state index contributed by atoms with van der Waals surface area (Å²) in [5.41, 5.74) is 16.6. The van der Waals surface area contributed by atoms with Gasteiger partial charge in [-0.2, -0.15) is 0 Å². The number of ether oxygens (including phenoxy) is 2. The molecule has 4 unspecified atom stereocenters. The lowest BCUT2D eigenvalue weighted by Gasteiger charge is -2.44. The summed E-state index contributed by atoms with van der Waals surface area (Å²) in [6.07, 6.45) is 6.00. The number of aldehydes is 1. The predicted octanol–water partition coefficient (Wildman–Crippen LogP) is 1.56. The Kier molecular flexibility index (Phi) is 13.3. The summed E-state index contributed by atoms with van der Waals surface area (Å²) < 4.78 is 12.7. The third-order valence-corrected chi connectivity index (χ3v) is 14.8. The van der Waals surface area contributed by atoms with Gasteiger partial charge < -0.3 is 49.6 Å². The van der Waals surface area contributed by atoms with E-state index in [4.69, 9.17) is 15.2 Å². The average molecular weight is 956 g/mol. The number of piperazine rings is 2. The van der Waals surface area contributed by atoms with Crippen LogP contribution in [0.25, 0.3) is 5.70 Å². The van der Waals surface area contributed by atoms with Gasteiger partial charge in [-0.25, -0.2) is 0 Å². The van der Waals surface area contributed by atoms with Gasteiger partial charge >= 0.3 is 0 Å². The van der Waals surface area contributed by atoms with Crippen molar-refractivity contribution in [2.45, 2.75) is 81.6 Å². The van der Waals surface area contributed by atoms with Crippen LogP contribution in [0.15, 0.2) is 84.3 Å². The standard InChI is InChI=1S/C51H60N10O9/c52-49-41(28-39(54-55-49)37-7-1-2-9-43(37)63)59-29-33-11-12-34(30-59)60(33)32-5-3-6-36(27-32)69-26-25-56-21-23-58(24-22-56)47(66)16-15-46(65)57-19-17-35(18-20-57)70-44-10-4-8-38-48(44)42(31-62)61(51(38)68)40-13-14-45(64)53-50(40)67/h1-10,27-28,31,33-35,40,42,54-55,63H,11-26,29-30,52H2,(H,53,64,67)/p-1. The maximum absolute atomic E-state index is 13.5. The number of carbonyl (C=O) groups is 6. The van der Waals surface area contributed by atoms with Crippen molar-refractivity contribution in [3.63, 3.8) is 0 Å². The highest BCUT2D eigenvalue weighted by atomic mass is 16.5. The Morgan fingerprint density at radius 2 is 1.49 bits per heavy atom. The zero-order valence-electron chi connectivity index (χ0n) is 39.1. The van der Waals surface area contributed by atoms with E-state index in [-0.39, 0.29) is 54.9 Å². The number of likely N-dealkylation sites (tertiary alicyclic amines) is 2. The van der Waals surface area contributed by atoms with Gasteiger partial charge in [0.05, 0.1) is 11.4 Å². The minimum atomic E-state index is -1.03. The van der Waals surface area contributed by atoms with Crippen LogP contribution in [0.3, 0.4) is 0 Å². The summed E-state index contributed by atoms with van der Waals surface area (Å²) in [4.78, 5) is 88.8. The van der Waals surface area contributed by atoms with Gasteiger partial charge in [0.1, 0.15) is 48.4 Å². The van der Waals surface area contributed by atoms with Crippen molar-refractivity contribution >= 4 is 47.2 Å². The van der Waals surface area contributed by atoms with E-state index >= 15 is 0 Å². The number of imide groups is 1. The minimum absolute atomic E-state index is 0.0310. The summed E-state index contributed by atoms with van der Waals surface area (Å²) in [7, 11) is 0. The maximum atomic E-state index is 13.5. The number of nitrogens with one attached hydrogen (secondary N) is 3. The van der Waals surface area contributed by atoms with Crippen LogP contribution < -0.4 is 41.4 Å². The molecule has 70 heavy (non-hydrogen) atoms. The molecule has 0 spiro atoms. The van der Waals surface area contributed by atoms with Crippen LogP contribution >= 0.6 is 0 Å². The maximum Gasteiger partial charge on any atom is 0.255 e. The number of para-hydroxylation sites is 1. The fourth-order valence-electron chi connectivity index (χ4n) is 11.2. The van der Waals surface area contributed by atoms with Crippen molar-refractivity contribution < 1.29 is 43.3 Å². The van der Waals surface area contributed by atoms with Crippen molar-refractivity contribution in [3.05, 3.63) is 101 Å². The molecule has 2 bridgehead atoms. The Morgan fingerprint density at radius 3 is 2.20 bits per heavy atom. The highest BCUT2D eigenvalue weighted by Gasteiger charge is 2.47. The predicted molar refractivity (Wildman–Crippen MR) is 254 cm³/mol. The fourth-order valence-corrected chi connectivity index (χ4v) is 11.2. The monoisotopic (exact) mass is 955 g/mol. The Labute approximate surface area is 406 Å². The van der Waals surface area contributed by atoms with Crippen molar-refractivity contribution in [3.8, 4) is 17.2 Å². The van der Waals surface area contributed by atoms with Crippen molar-refractivity contribution in [2.24, 2.45) is 5.73 Å². The lowest BCUT2D eigenvalue weighted by atomic mass is 10.0. The molecule has 5 fully saturated rings. The first-order chi connectivity index (χ1) is 34.0. The molecule has 7 heterocycles. The van der Waals surface area contributed by atoms with Crippen molar-refractivity contribution in [1.82, 2.24) is 40.7 Å². The van der Waals surface area contributed by atoms with Crippen LogP contribution in [-0.4, -0.2) is 150 Å². The number of nitrogens with two attached hydrogens (primary N) is 1. The Balaban J connectivity index is 0.639. The normalized spacial score (nSPS) is 23.9. The molecule has 5 N–H and O–H groups in total. The van der Waals surface area contributed by atoms with Crippen molar-refractivity contribution in [2.75, 3.05) is 70.4 Å². The summed E-state index contributed by atoms with van der Waals surface area (Å²) in [5.74, 6) is 0.0961. The molecule has 0 radical (unpaired) electrons. The van der Waals surface area contributed by atoms with Gasteiger partial charge in [0.25, 0.3) is 5.91 Å². The molecule has 0 saturated carbocycles. The summed E-state index contributed by atoms with van der Waals surface area (Å²) >= 11 is 0. The van der Waals surface area contributed by atoms with Gasteiger partial charge in [-0.05, 0) is 55.2 Å². The van der Waals surface area contributed by atoms with E-state index in [9.17, 15) is 33.9 Å². The van der Waals surface area contributed by atoms with Gasteiger partial charge in [-0.3, -0.25) is 45.0 Å². The molecule has 5 saturated heterocycles. The van der Waals surface area contributed by atoms with E-state index in [2.05, 4.69) is 43.0 Å². The van der Waals surface area contributed by atoms with Crippen LogP contribution in [0, 0.1) is 0 Å². The Morgan fingerprint density at radius 1 is 0.786 bits per heavy atom. The number of hydrogen-bond donors (Lipinski definition) is 4. The highest BCUT2D eigenvalue weighted by Crippen LogP contribution is 2.42. The fraction of sp³-hybridized carbons (Fsp3) is 0.451. The third kappa shape index (κ3) is 9.41. The highest BCUT2D eigenvalue weighted by molar-refractivity contribution is 6.08. The number of nitrogens with zero attached hydrogens (tertiary/aromatic N) is 6. The molecule has 3 aromatic rings. The van der Waals surface area contributed by atoms with Gasteiger partial charge in [0, 0.05) is 126 Å². The molecule has 19 nitrogen and oxygen atoms in total. The lowest BCUT2D eigenvalue weighted by molar-refractivity contribution is -0.268. The molecule has 7 aliphatic heterocycles. The number of carbonyl (C=O) groups excluding carboxylic acids is 6. The smallest absolute Gasteiger partial charge is 0.255 e. The number of hydrazine groups is 1. The van der Waals surface area contributed by atoms with E-state index in [0.29, 0.717) is 92.4 Å². The SMILES string of the molecule is NC1=C(N2CC3CCC(C2)N3c2cccc(OCCN3CCN(C(=O)CCC(=O)N4CCC(Oc5cccc6c5C(C=O)N(C5CCC(=O)NC5=O)C6=O)CC4)CC3)c2)C=C(c2ccccc2[O-])NN1. The van der Waals surface area contributed by atoms with E-state index < -0.39 is 29.8 Å². The molecule has 4 atom stereocenters. The van der Waals surface area contributed by atoms with Crippen molar-refractivity contribution in [1.29, 1.82) is 0 Å². The third-order valence-electron chi connectivity index (χ3n) is 14.8. The van der Waals surface area contributed by atoms with Crippen LogP contribution in [0.5, 0.6) is 17.2 Å². The quantitative estimate of drug-likeness (QED) is 0.133. The van der Waals surface area contributed by atoms with Crippen LogP contribution in [0.1, 0.15) is 78.9 Å². The number of piperidine rings is 2. The lowest BCUT2D eigenvalue weighted by Crippen LogP contribution is -2.54. The molecule has 0 aliphatic carbocycles. The molecular weight excluding hydrogens is 897 g/mol. The van der Waals surface area contributed by atoms with Gasteiger partial charge in [-0.15, -0.1) is 0 Å². The molecule has 7 aliphatic rings. The zero-order chi connectivity index (χ0) is 48.5. The molecule has 0 aromatic heterocycles. The zero-order valence-corrected chi connectivity index (χ0v) is 39.1. The number of amides is 5. The minimum Gasteiger partial charge on any atom is -0.872 e. The molecule has 5 amide bonds. The second-order valence-electron chi connectivity index (χ2n) is 19.0. The van der Waals surface area contributed by atoms with Crippen LogP contribution in [-0.2, 0) is 24.0 Å². The number of anilines is 1. The number of fused-ring (bicyclic) bond motifs is 3. The van der Waals surface area contributed by atoms with E-state index in [1.54, 1.807) is 35.2 Å². The first-order valence-corrected chi connectivity index (χ1v) is 24.5. The Hall–Kier alpha value is -7.28. The number of benzene rings is 3. The Bertz CT molecular complexity index is 2590. The second-order valence-corrected chi connectivity index (χ2v) is 19.0. The summed E-state index contributed by atoms with van der Waals surface area (Å²) in [6.45, 7) is 6.34. The first-order valence-electron chi connectivity index (χ1n) is 24.5.